The molecule has 0 radical (unpaired) electrons. The predicted molar refractivity (Wildman–Crippen MR) is 381 cm³/mol. The molecule has 0 heterocycles. The van der Waals surface area contributed by atoms with Crippen molar-refractivity contribution in [1.82, 2.24) is 0 Å². The fraction of sp³-hybridized carbons (Fsp3) is 0.947. The SMILES string of the molecule is CCCCCCCCCCCCCCCCCCC(=O)OC[C@H](COP(=O)(O)OC[C@@H](O)COP(=O)(O)OC[C@@H](COC(=O)CCCCCCCCCCCC)OC(=O)CCCCCCCCCC(C)C)OC(=O)CCCCCCCCCCCCCCCCCC(C)C. The van der Waals surface area contributed by atoms with Crippen molar-refractivity contribution in [2.75, 3.05) is 39.6 Å². The van der Waals surface area contributed by atoms with E-state index in [9.17, 15) is 43.2 Å². The van der Waals surface area contributed by atoms with E-state index in [-0.39, 0.29) is 25.7 Å². The smallest absolute Gasteiger partial charge is 0.462 e. The van der Waals surface area contributed by atoms with E-state index in [1.54, 1.807) is 0 Å². The van der Waals surface area contributed by atoms with Crippen molar-refractivity contribution in [3.05, 3.63) is 0 Å². The van der Waals surface area contributed by atoms with Crippen LogP contribution < -0.4 is 0 Å². The molecule has 558 valence electrons. The van der Waals surface area contributed by atoms with Gasteiger partial charge in [0.15, 0.2) is 12.2 Å². The Labute approximate surface area is 575 Å². The highest BCUT2D eigenvalue weighted by molar-refractivity contribution is 7.47. The maximum absolute atomic E-state index is 13.1. The summed E-state index contributed by atoms with van der Waals surface area (Å²) in [4.78, 5) is 72.7. The van der Waals surface area contributed by atoms with Gasteiger partial charge in [0.2, 0.25) is 0 Å². The van der Waals surface area contributed by atoms with Crippen molar-refractivity contribution in [3.63, 3.8) is 0 Å². The number of carbonyl (C=O) groups is 4. The molecule has 0 aromatic carbocycles. The van der Waals surface area contributed by atoms with Crippen LogP contribution in [0.25, 0.3) is 0 Å². The molecule has 0 spiro atoms. The highest BCUT2D eigenvalue weighted by Gasteiger charge is 2.30. The summed E-state index contributed by atoms with van der Waals surface area (Å²) in [6, 6.07) is 0. The van der Waals surface area contributed by atoms with Crippen LogP contribution in [0.15, 0.2) is 0 Å². The molecule has 0 fully saturated rings. The third kappa shape index (κ3) is 68.6. The number of rotatable bonds is 74. The largest absolute Gasteiger partial charge is 0.472 e. The van der Waals surface area contributed by atoms with Crippen molar-refractivity contribution in [3.8, 4) is 0 Å². The Balaban J connectivity index is 5.22. The Hall–Kier alpha value is -1.94. The summed E-state index contributed by atoms with van der Waals surface area (Å²) >= 11 is 0. The number of esters is 4. The molecule has 19 heteroatoms. The Bertz CT molecular complexity index is 1820. The van der Waals surface area contributed by atoms with Crippen LogP contribution in [0.3, 0.4) is 0 Å². The van der Waals surface area contributed by atoms with Crippen LogP contribution in [0.1, 0.15) is 388 Å². The lowest BCUT2D eigenvalue weighted by molar-refractivity contribution is -0.161. The van der Waals surface area contributed by atoms with Gasteiger partial charge >= 0.3 is 39.5 Å². The van der Waals surface area contributed by atoms with Crippen LogP contribution in [0, 0.1) is 11.8 Å². The van der Waals surface area contributed by atoms with Gasteiger partial charge in [-0.1, -0.05) is 337 Å². The number of phosphoric acid groups is 2. The van der Waals surface area contributed by atoms with Gasteiger partial charge in [-0.2, -0.15) is 0 Å². The fourth-order valence-electron chi connectivity index (χ4n) is 11.5. The molecule has 0 amide bonds. The number of carbonyl (C=O) groups excluding carboxylic acids is 4. The Morgan fingerprint density at radius 1 is 0.287 bits per heavy atom. The molecule has 0 aliphatic carbocycles. The monoisotopic (exact) mass is 1380 g/mol. The van der Waals surface area contributed by atoms with Crippen LogP contribution in [-0.4, -0.2) is 96.7 Å². The van der Waals surface area contributed by atoms with Crippen LogP contribution >= 0.6 is 15.6 Å². The van der Waals surface area contributed by atoms with E-state index in [4.69, 9.17) is 37.0 Å². The van der Waals surface area contributed by atoms with Gasteiger partial charge in [-0.25, -0.2) is 9.13 Å². The molecule has 0 aliphatic rings. The fourth-order valence-corrected chi connectivity index (χ4v) is 13.1. The zero-order valence-corrected chi connectivity index (χ0v) is 63.1. The van der Waals surface area contributed by atoms with E-state index >= 15 is 0 Å². The van der Waals surface area contributed by atoms with Crippen molar-refractivity contribution in [2.45, 2.75) is 407 Å². The highest BCUT2D eigenvalue weighted by Crippen LogP contribution is 2.45. The molecule has 94 heavy (non-hydrogen) atoms. The second-order valence-corrected chi connectivity index (χ2v) is 30.9. The molecule has 0 aromatic rings. The third-order valence-electron chi connectivity index (χ3n) is 17.5. The van der Waals surface area contributed by atoms with E-state index < -0.39 is 97.5 Å². The van der Waals surface area contributed by atoms with Gasteiger partial charge in [0.05, 0.1) is 26.4 Å². The second-order valence-electron chi connectivity index (χ2n) is 28.0. The first-order valence-corrected chi connectivity index (χ1v) is 42.0. The van der Waals surface area contributed by atoms with E-state index in [0.717, 1.165) is 95.8 Å². The number of ether oxygens (including phenoxy) is 4. The topological polar surface area (TPSA) is 237 Å². The molecule has 3 N–H and O–H groups in total. The first-order chi connectivity index (χ1) is 45.4. The van der Waals surface area contributed by atoms with Crippen molar-refractivity contribution >= 4 is 39.5 Å². The van der Waals surface area contributed by atoms with Gasteiger partial charge in [-0.05, 0) is 37.5 Å². The highest BCUT2D eigenvalue weighted by atomic mass is 31.2. The molecule has 17 nitrogen and oxygen atoms in total. The van der Waals surface area contributed by atoms with Gasteiger partial charge in [0, 0.05) is 25.7 Å². The molecule has 0 saturated heterocycles. The summed E-state index contributed by atoms with van der Waals surface area (Å²) in [5.41, 5.74) is 0. The number of hydrogen-bond donors (Lipinski definition) is 3. The lowest BCUT2D eigenvalue weighted by Crippen LogP contribution is -2.30. The van der Waals surface area contributed by atoms with Crippen molar-refractivity contribution in [1.29, 1.82) is 0 Å². The number of aliphatic hydroxyl groups is 1. The van der Waals surface area contributed by atoms with Crippen molar-refractivity contribution in [2.24, 2.45) is 11.8 Å². The predicted octanol–water partition coefficient (Wildman–Crippen LogP) is 21.9. The van der Waals surface area contributed by atoms with Gasteiger partial charge < -0.3 is 33.8 Å². The maximum atomic E-state index is 13.1. The van der Waals surface area contributed by atoms with E-state index in [1.165, 1.54) is 205 Å². The van der Waals surface area contributed by atoms with Gasteiger partial charge in [0.1, 0.15) is 19.3 Å². The molecule has 5 atom stereocenters. The first-order valence-electron chi connectivity index (χ1n) is 39.0. The molecule has 0 rings (SSSR count). The zero-order valence-electron chi connectivity index (χ0n) is 61.3. The van der Waals surface area contributed by atoms with Gasteiger partial charge in [-0.15, -0.1) is 0 Å². The Kier molecular flexibility index (Phi) is 65.5. The lowest BCUT2D eigenvalue weighted by atomic mass is 10.0. The molecule has 2 unspecified atom stereocenters. The summed E-state index contributed by atoms with van der Waals surface area (Å²) in [6.45, 7) is 9.55. The average Bonchev–Trinajstić information content (AvgIpc) is 2.88. The standard InChI is InChI=1S/C75H146O17P2/c1-7-9-11-13-15-17-19-20-21-24-27-30-34-40-46-52-58-73(78)86-63-70(91-74(79)59-53-47-41-35-31-28-25-22-23-26-29-32-37-43-49-55-67(3)4)65-89-93(81,82)87-61-69(76)62-88-94(83,84)90-66-71(92-75(80)60-54-48-42-36-38-44-50-56-68(5)6)64-85-72(77)57-51-45-39-33-18-16-14-12-10-8-2/h67-71,76H,7-66H2,1-6H3,(H,81,82)(H,83,84)/t69-,70-,71-/m1/s1. The minimum absolute atomic E-state index is 0.104. The Morgan fingerprint density at radius 3 is 0.723 bits per heavy atom. The quantitative estimate of drug-likeness (QED) is 0.0222. The number of unbranched alkanes of at least 4 members (excludes halogenated alkanes) is 44. The summed E-state index contributed by atoms with van der Waals surface area (Å²) in [6.07, 6.45) is 54.2. The Morgan fingerprint density at radius 2 is 0.489 bits per heavy atom. The van der Waals surface area contributed by atoms with Crippen LogP contribution in [0.4, 0.5) is 0 Å². The minimum Gasteiger partial charge on any atom is -0.462 e. The summed E-state index contributed by atoms with van der Waals surface area (Å²) < 4.78 is 68.4. The molecular weight excluding hydrogens is 1230 g/mol. The number of hydrogen-bond acceptors (Lipinski definition) is 15. The summed E-state index contributed by atoms with van der Waals surface area (Å²) in [5.74, 6) is -0.620. The number of phosphoric ester groups is 2. The molecular formula is C75H146O17P2. The van der Waals surface area contributed by atoms with E-state index in [1.807, 2.05) is 0 Å². The van der Waals surface area contributed by atoms with Crippen LogP contribution in [-0.2, 0) is 65.4 Å². The van der Waals surface area contributed by atoms with Crippen LogP contribution in [0.2, 0.25) is 0 Å². The van der Waals surface area contributed by atoms with Gasteiger partial charge in [0.25, 0.3) is 0 Å². The normalized spacial score (nSPS) is 14.0. The molecule has 0 bridgehead atoms. The van der Waals surface area contributed by atoms with Gasteiger partial charge in [-0.3, -0.25) is 37.3 Å². The molecule has 0 saturated carbocycles. The lowest BCUT2D eigenvalue weighted by Gasteiger charge is -2.21. The van der Waals surface area contributed by atoms with Crippen molar-refractivity contribution < 1.29 is 80.2 Å². The second kappa shape index (κ2) is 66.9. The first kappa shape index (κ1) is 92.1. The summed E-state index contributed by atoms with van der Waals surface area (Å²) in [5, 5.41) is 10.6. The van der Waals surface area contributed by atoms with E-state index in [0.29, 0.717) is 31.6 Å². The minimum atomic E-state index is -4.96. The zero-order chi connectivity index (χ0) is 69.3. The number of aliphatic hydroxyl groups excluding tert-OH is 1. The maximum Gasteiger partial charge on any atom is 0.472 e. The molecule has 0 aromatic heterocycles. The average molecular weight is 1380 g/mol. The van der Waals surface area contributed by atoms with E-state index in [2.05, 4.69) is 41.5 Å². The van der Waals surface area contributed by atoms with Crippen LogP contribution in [0.5, 0.6) is 0 Å². The molecule has 0 aliphatic heterocycles. The third-order valence-corrected chi connectivity index (χ3v) is 19.4. The summed E-state index contributed by atoms with van der Waals surface area (Å²) in [7, 11) is -9.91.